The Labute approximate surface area is 107 Å². The molecule has 0 aromatic rings. The highest BCUT2D eigenvalue weighted by Gasteiger charge is 2.31. The van der Waals surface area contributed by atoms with Gasteiger partial charge < -0.3 is 20.0 Å². The molecule has 0 aromatic heterocycles. The van der Waals surface area contributed by atoms with Gasteiger partial charge in [0.15, 0.2) is 0 Å². The molecule has 1 fully saturated rings. The molecule has 6 heteroatoms. The molecule has 0 radical (unpaired) electrons. The van der Waals surface area contributed by atoms with Gasteiger partial charge in [-0.25, -0.2) is 4.79 Å². The molecule has 6 nitrogen and oxygen atoms in total. The zero-order valence-corrected chi connectivity index (χ0v) is 11.1. The van der Waals surface area contributed by atoms with E-state index in [-0.39, 0.29) is 12.5 Å². The van der Waals surface area contributed by atoms with Gasteiger partial charge in [0.2, 0.25) is 0 Å². The first-order valence-corrected chi connectivity index (χ1v) is 6.26. The summed E-state index contributed by atoms with van der Waals surface area (Å²) in [4.78, 5) is 25.6. The molecule has 1 aliphatic rings. The number of rotatable bonds is 4. The second-order valence-corrected chi connectivity index (χ2v) is 5.22. The number of carboxylic acids is 1. The summed E-state index contributed by atoms with van der Waals surface area (Å²) in [5.41, 5.74) is -0.810. The van der Waals surface area contributed by atoms with Crippen molar-refractivity contribution >= 4 is 12.0 Å². The zero-order valence-electron chi connectivity index (χ0n) is 11.1. The third kappa shape index (κ3) is 4.52. The number of carbonyl (C=O) groups is 2. The van der Waals surface area contributed by atoms with Crippen LogP contribution in [0.3, 0.4) is 0 Å². The molecule has 0 aliphatic carbocycles. The maximum Gasteiger partial charge on any atom is 0.319 e. The fourth-order valence-corrected chi connectivity index (χ4v) is 2.19. The van der Waals surface area contributed by atoms with Gasteiger partial charge in [-0.05, 0) is 26.2 Å². The molecule has 0 bridgehead atoms. The number of aliphatic hydroxyl groups is 1. The molecule has 2 N–H and O–H groups in total. The van der Waals surface area contributed by atoms with Crippen molar-refractivity contribution in [2.45, 2.75) is 38.2 Å². The van der Waals surface area contributed by atoms with Crippen molar-refractivity contribution in [3.63, 3.8) is 0 Å². The number of piperidine rings is 1. The smallest absolute Gasteiger partial charge is 0.319 e. The molecule has 1 unspecified atom stereocenters. The fraction of sp³-hybridized carbons (Fsp3) is 0.833. The molecule has 0 aromatic carbocycles. The van der Waals surface area contributed by atoms with Crippen LogP contribution in [0.5, 0.6) is 0 Å². The summed E-state index contributed by atoms with van der Waals surface area (Å²) in [6.07, 6.45) is 2.01. The lowest BCUT2D eigenvalue weighted by Gasteiger charge is -2.38. The van der Waals surface area contributed by atoms with E-state index in [0.29, 0.717) is 32.5 Å². The molecule has 0 spiro atoms. The second-order valence-electron chi connectivity index (χ2n) is 5.22. The van der Waals surface area contributed by atoms with Crippen LogP contribution in [0, 0.1) is 0 Å². The lowest BCUT2D eigenvalue weighted by molar-refractivity contribution is -0.137. The molecule has 0 saturated carbocycles. The Hall–Kier alpha value is -1.30. The second kappa shape index (κ2) is 6.04. The minimum atomic E-state index is -0.850. The van der Waals surface area contributed by atoms with E-state index in [9.17, 15) is 14.7 Å². The topological polar surface area (TPSA) is 81.1 Å². The van der Waals surface area contributed by atoms with Gasteiger partial charge >= 0.3 is 12.0 Å². The Bertz CT molecular complexity index is 317. The van der Waals surface area contributed by atoms with Crippen LogP contribution in [0.25, 0.3) is 0 Å². The van der Waals surface area contributed by atoms with Gasteiger partial charge in [-0.2, -0.15) is 0 Å². The molecule has 1 atom stereocenters. The highest BCUT2D eigenvalue weighted by atomic mass is 16.4. The molecule has 2 amide bonds. The number of hydrogen-bond acceptors (Lipinski definition) is 3. The van der Waals surface area contributed by atoms with E-state index in [4.69, 9.17) is 5.11 Å². The Morgan fingerprint density at radius 3 is 2.67 bits per heavy atom. The van der Waals surface area contributed by atoms with Crippen LogP contribution in [0.1, 0.15) is 32.6 Å². The van der Waals surface area contributed by atoms with E-state index >= 15 is 0 Å². The van der Waals surface area contributed by atoms with Crippen molar-refractivity contribution in [3.05, 3.63) is 0 Å². The molecule has 1 rings (SSSR count). The monoisotopic (exact) mass is 258 g/mol. The van der Waals surface area contributed by atoms with Crippen LogP contribution < -0.4 is 0 Å². The lowest BCUT2D eigenvalue weighted by Crippen LogP contribution is -2.52. The molecule has 1 heterocycles. The number of likely N-dealkylation sites (tertiary alicyclic amines) is 1. The average Bonchev–Trinajstić information content (AvgIpc) is 2.26. The Morgan fingerprint density at radius 2 is 2.11 bits per heavy atom. The van der Waals surface area contributed by atoms with Gasteiger partial charge in [-0.3, -0.25) is 4.79 Å². The molecule has 104 valence electrons. The summed E-state index contributed by atoms with van der Waals surface area (Å²) in [6, 6.07) is -0.139. The number of amides is 2. The SMILES string of the molecule is CN(CCCC(=O)O)C(=O)N1CCCC(C)(O)C1. The van der Waals surface area contributed by atoms with Crippen molar-refractivity contribution < 1.29 is 19.8 Å². The number of hydrogen-bond donors (Lipinski definition) is 2. The lowest BCUT2D eigenvalue weighted by atomic mass is 9.95. The van der Waals surface area contributed by atoms with E-state index in [1.807, 2.05) is 0 Å². The van der Waals surface area contributed by atoms with Crippen molar-refractivity contribution in [1.82, 2.24) is 9.80 Å². The van der Waals surface area contributed by atoms with Crippen LogP contribution in [0.2, 0.25) is 0 Å². The number of nitrogens with zero attached hydrogens (tertiary/aromatic N) is 2. The highest BCUT2D eigenvalue weighted by Crippen LogP contribution is 2.21. The van der Waals surface area contributed by atoms with Gasteiger partial charge in [0.05, 0.1) is 12.1 Å². The third-order valence-electron chi connectivity index (χ3n) is 3.16. The van der Waals surface area contributed by atoms with E-state index < -0.39 is 11.6 Å². The molecule has 1 saturated heterocycles. The largest absolute Gasteiger partial charge is 0.481 e. The van der Waals surface area contributed by atoms with Crippen LogP contribution in [0.4, 0.5) is 4.79 Å². The maximum atomic E-state index is 12.1. The van der Waals surface area contributed by atoms with Crippen LogP contribution in [-0.4, -0.2) is 64.3 Å². The third-order valence-corrected chi connectivity index (χ3v) is 3.16. The minimum absolute atomic E-state index is 0.0648. The Kier molecular flexibility index (Phi) is 4.95. The molecule has 18 heavy (non-hydrogen) atoms. The van der Waals surface area contributed by atoms with Crippen molar-refractivity contribution in [2.24, 2.45) is 0 Å². The summed E-state index contributed by atoms with van der Waals surface area (Å²) < 4.78 is 0. The fourth-order valence-electron chi connectivity index (χ4n) is 2.19. The predicted molar refractivity (Wildman–Crippen MR) is 66.3 cm³/mol. The molecular formula is C12H22N2O4. The number of urea groups is 1. The van der Waals surface area contributed by atoms with Crippen molar-refractivity contribution in [3.8, 4) is 0 Å². The first kappa shape index (κ1) is 14.8. The standard InChI is InChI=1S/C12H22N2O4/c1-12(18)6-4-8-14(9-12)11(17)13(2)7-3-5-10(15)16/h18H,3-9H2,1-2H3,(H,15,16). The van der Waals surface area contributed by atoms with Crippen molar-refractivity contribution in [2.75, 3.05) is 26.7 Å². The maximum absolute atomic E-state index is 12.1. The van der Waals surface area contributed by atoms with Gasteiger partial charge in [0.25, 0.3) is 0 Å². The quantitative estimate of drug-likeness (QED) is 0.779. The summed E-state index contributed by atoms with van der Waals surface area (Å²) in [5, 5.41) is 18.5. The van der Waals surface area contributed by atoms with Gasteiger partial charge in [-0.1, -0.05) is 0 Å². The first-order chi connectivity index (χ1) is 8.32. The van der Waals surface area contributed by atoms with Crippen molar-refractivity contribution in [1.29, 1.82) is 0 Å². The summed E-state index contributed by atoms with van der Waals surface area (Å²) in [5.74, 6) is -0.850. The molecular weight excluding hydrogens is 236 g/mol. The number of aliphatic carboxylic acids is 1. The Balaban J connectivity index is 2.40. The average molecular weight is 258 g/mol. The van der Waals surface area contributed by atoms with E-state index in [2.05, 4.69) is 0 Å². The molecule has 1 aliphatic heterocycles. The van der Waals surface area contributed by atoms with E-state index in [0.717, 1.165) is 6.42 Å². The first-order valence-electron chi connectivity index (χ1n) is 6.26. The van der Waals surface area contributed by atoms with Gasteiger partial charge in [0.1, 0.15) is 0 Å². The number of β-amino-alcohol motifs (C(OH)–C–C–N with tert-alkyl or cyclic N) is 1. The van der Waals surface area contributed by atoms with Gasteiger partial charge in [-0.15, -0.1) is 0 Å². The van der Waals surface area contributed by atoms with E-state index in [1.54, 1.807) is 18.9 Å². The summed E-state index contributed by atoms with van der Waals surface area (Å²) in [7, 11) is 1.66. The van der Waals surface area contributed by atoms with Crippen LogP contribution >= 0.6 is 0 Å². The Morgan fingerprint density at radius 1 is 1.44 bits per heavy atom. The van der Waals surface area contributed by atoms with Crippen LogP contribution in [-0.2, 0) is 4.79 Å². The summed E-state index contributed by atoms with van der Waals surface area (Å²) in [6.45, 7) is 3.15. The number of carboxylic acid groups (broad SMARTS) is 1. The summed E-state index contributed by atoms with van der Waals surface area (Å²) >= 11 is 0. The van der Waals surface area contributed by atoms with Crippen LogP contribution in [0.15, 0.2) is 0 Å². The zero-order chi connectivity index (χ0) is 13.8. The predicted octanol–water partition coefficient (Wildman–Crippen LogP) is 0.750. The van der Waals surface area contributed by atoms with E-state index in [1.165, 1.54) is 4.90 Å². The normalized spacial score (nSPS) is 23.8. The van der Waals surface area contributed by atoms with Gasteiger partial charge in [0, 0.05) is 26.6 Å². The minimum Gasteiger partial charge on any atom is -0.481 e. The number of carbonyl (C=O) groups excluding carboxylic acids is 1. The highest BCUT2D eigenvalue weighted by molar-refractivity contribution is 5.74.